The van der Waals surface area contributed by atoms with E-state index in [1.165, 1.54) is 0 Å². The largest absolute Gasteiger partial charge is 0.355 e. The van der Waals surface area contributed by atoms with Crippen molar-refractivity contribution in [3.05, 3.63) is 144 Å². The van der Waals surface area contributed by atoms with Gasteiger partial charge in [0.25, 0.3) is 0 Å². The van der Waals surface area contributed by atoms with Crippen LogP contribution >= 0.6 is 0 Å². The van der Waals surface area contributed by atoms with Gasteiger partial charge in [0.05, 0.1) is 17.1 Å². The van der Waals surface area contributed by atoms with Crippen molar-refractivity contribution in [1.82, 2.24) is 19.9 Å². The second-order valence-corrected chi connectivity index (χ2v) is 10.7. The summed E-state index contributed by atoms with van der Waals surface area (Å²) >= 11 is 0. The minimum absolute atomic E-state index is 0.891. The van der Waals surface area contributed by atoms with Crippen LogP contribution in [-0.4, -0.2) is 19.9 Å². The lowest BCUT2D eigenvalue weighted by molar-refractivity contribution is 1.03. The molecule has 0 aliphatic carbocycles. The van der Waals surface area contributed by atoms with Gasteiger partial charge < -0.3 is 9.97 Å². The lowest BCUT2D eigenvalue weighted by atomic mass is 10.0. The van der Waals surface area contributed by atoms with Crippen molar-refractivity contribution in [3.63, 3.8) is 0 Å². The van der Waals surface area contributed by atoms with Crippen molar-refractivity contribution in [2.45, 2.75) is 12.8 Å². The minimum atomic E-state index is 0.891. The number of hydrogen-bond acceptors (Lipinski definition) is 2. The number of aromatic amines is 2. The number of aryl methyl sites for hydroxylation is 2. The van der Waals surface area contributed by atoms with Crippen LogP contribution in [0.2, 0.25) is 0 Å². The van der Waals surface area contributed by atoms with Crippen LogP contribution in [0.5, 0.6) is 0 Å². The highest BCUT2D eigenvalue weighted by atomic mass is 14.8. The quantitative estimate of drug-likeness (QED) is 0.235. The summed E-state index contributed by atoms with van der Waals surface area (Å²) in [6.45, 7) is 0. The van der Waals surface area contributed by atoms with E-state index >= 15 is 0 Å². The smallest absolute Gasteiger partial charge is 0.0737 e. The summed E-state index contributed by atoms with van der Waals surface area (Å²) in [6, 6.07) is 42.5. The fourth-order valence-corrected chi connectivity index (χ4v) is 6.14. The molecule has 0 atom stereocenters. The fraction of sp³-hybridized carbons (Fsp3) is 0.0526. The zero-order valence-corrected chi connectivity index (χ0v) is 23.0. The molecule has 0 fully saturated rings. The van der Waals surface area contributed by atoms with E-state index in [0.29, 0.717) is 0 Å². The van der Waals surface area contributed by atoms with Crippen LogP contribution in [0.4, 0.5) is 0 Å². The van der Waals surface area contributed by atoms with Crippen LogP contribution in [0.25, 0.3) is 67.6 Å². The minimum Gasteiger partial charge on any atom is -0.355 e. The van der Waals surface area contributed by atoms with Crippen molar-refractivity contribution < 1.29 is 0 Å². The van der Waals surface area contributed by atoms with E-state index in [2.05, 4.69) is 143 Å². The number of rotatable bonds is 3. The molecule has 200 valence electrons. The molecule has 0 radical (unpaired) electrons. The summed E-state index contributed by atoms with van der Waals surface area (Å²) in [5.74, 6) is 0. The maximum Gasteiger partial charge on any atom is 0.0737 e. The third-order valence-electron chi connectivity index (χ3n) is 8.05. The van der Waals surface area contributed by atoms with E-state index in [1.807, 2.05) is 0 Å². The molecule has 42 heavy (non-hydrogen) atoms. The highest BCUT2D eigenvalue weighted by Gasteiger charge is 2.17. The topological polar surface area (TPSA) is 57.4 Å². The Balaban J connectivity index is 1.54. The first-order chi connectivity index (χ1) is 20.8. The molecular weight excluding hydrogens is 512 g/mol. The number of benzene rings is 3. The van der Waals surface area contributed by atoms with Crippen molar-refractivity contribution in [2.75, 3.05) is 0 Å². The van der Waals surface area contributed by atoms with Crippen LogP contribution in [0.15, 0.2) is 121 Å². The molecule has 0 saturated carbocycles. The van der Waals surface area contributed by atoms with Crippen molar-refractivity contribution >= 4 is 34.2 Å². The van der Waals surface area contributed by atoms with Gasteiger partial charge in [0.2, 0.25) is 0 Å². The molecule has 2 aliphatic heterocycles. The van der Waals surface area contributed by atoms with Crippen LogP contribution in [0, 0.1) is 0 Å². The number of hydrogen-bond donors (Lipinski definition) is 2. The molecule has 2 N–H and O–H groups in total. The van der Waals surface area contributed by atoms with Gasteiger partial charge in [-0.2, -0.15) is 0 Å². The van der Waals surface area contributed by atoms with E-state index in [1.54, 1.807) is 0 Å². The molecule has 0 unspecified atom stereocenters. The molecule has 4 heteroatoms. The summed E-state index contributed by atoms with van der Waals surface area (Å²) in [5.41, 5.74) is 14.9. The van der Waals surface area contributed by atoms with E-state index in [-0.39, 0.29) is 0 Å². The highest BCUT2D eigenvalue weighted by Crippen LogP contribution is 2.35. The predicted molar refractivity (Wildman–Crippen MR) is 174 cm³/mol. The standard InChI is InChI=1S/C38H28N4/c1-4-10-25(11-5-1)36-30-18-16-28(39-30)24-29-17-19-31(40-29)37(26-12-6-2-7-13-26)33-21-23-35(42-33)38(27-14-8-3-9-15-27)34-22-20-32(36)41-34/h1-16,18,20-24,39,42H,17,19H2. The van der Waals surface area contributed by atoms with Crippen LogP contribution < -0.4 is 0 Å². The molecule has 3 aromatic carbocycles. The lowest BCUT2D eigenvalue weighted by Crippen LogP contribution is -1.89. The molecular formula is C38H28N4. The van der Waals surface area contributed by atoms with Gasteiger partial charge in [-0.1, -0.05) is 91.0 Å². The average Bonchev–Trinajstić information content (AvgIpc) is 3.86. The maximum atomic E-state index is 5.28. The Morgan fingerprint density at radius 3 is 1.55 bits per heavy atom. The molecule has 0 spiro atoms. The van der Waals surface area contributed by atoms with Gasteiger partial charge in [0.1, 0.15) is 0 Å². The zero-order chi connectivity index (χ0) is 27.9. The molecule has 0 saturated heterocycles. The van der Waals surface area contributed by atoms with Crippen molar-refractivity contribution in [3.8, 4) is 33.4 Å². The zero-order valence-electron chi connectivity index (χ0n) is 23.0. The first kappa shape index (κ1) is 24.3. The Morgan fingerprint density at radius 2 is 0.952 bits per heavy atom. The fourth-order valence-electron chi connectivity index (χ4n) is 6.14. The Hall–Kier alpha value is -5.48. The summed E-state index contributed by atoms with van der Waals surface area (Å²) in [6.07, 6.45) is 6.06. The number of nitrogens with zero attached hydrogens (tertiary/aromatic N) is 2. The van der Waals surface area contributed by atoms with Gasteiger partial charge in [-0.15, -0.1) is 0 Å². The van der Waals surface area contributed by atoms with Crippen molar-refractivity contribution in [1.29, 1.82) is 0 Å². The third kappa shape index (κ3) is 4.34. The second-order valence-electron chi connectivity index (χ2n) is 10.7. The molecule has 4 nitrogen and oxygen atoms in total. The van der Waals surface area contributed by atoms with Crippen LogP contribution in [-0.2, 0) is 12.8 Å². The molecule has 2 aliphatic rings. The number of fused-ring (bicyclic) bond motifs is 8. The number of aromatic nitrogens is 4. The van der Waals surface area contributed by atoms with Crippen molar-refractivity contribution in [2.24, 2.45) is 0 Å². The number of H-pyrrole nitrogens is 2. The van der Waals surface area contributed by atoms with Gasteiger partial charge in [0.15, 0.2) is 0 Å². The van der Waals surface area contributed by atoms with Gasteiger partial charge in [-0.05, 0) is 72.0 Å². The highest BCUT2D eigenvalue weighted by molar-refractivity contribution is 5.96. The van der Waals surface area contributed by atoms with E-state index in [0.717, 1.165) is 91.1 Å². The summed E-state index contributed by atoms with van der Waals surface area (Å²) in [4.78, 5) is 17.9. The van der Waals surface area contributed by atoms with E-state index in [9.17, 15) is 0 Å². The van der Waals surface area contributed by atoms with Gasteiger partial charge in [0, 0.05) is 44.5 Å². The summed E-state index contributed by atoms with van der Waals surface area (Å²) in [7, 11) is 0. The Labute approximate surface area is 244 Å². The first-order valence-electron chi connectivity index (χ1n) is 14.4. The summed E-state index contributed by atoms with van der Waals surface area (Å²) in [5, 5.41) is 0. The van der Waals surface area contributed by atoms with E-state index in [4.69, 9.17) is 9.97 Å². The Bertz CT molecular complexity index is 2120. The SMILES string of the molecule is C1=Cc2nc1c(-c1ccccc1)c1ccc(cc3nc(c(-c4ccccc4)c4ccc([nH]4)c2-c2ccccc2)CC3)[nH]1. The average molecular weight is 541 g/mol. The number of nitrogens with one attached hydrogen (secondary N) is 2. The van der Waals surface area contributed by atoms with Gasteiger partial charge in [-0.3, -0.25) is 4.98 Å². The predicted octanol–water partition coefficient (Wildman–Crippen LogP) is 9.27. The second kappa shape index (κ2) is 10.2. The molecule has 5 heterocycles. The normalized spacial score (nSPS) is 12.5. The first-order valence-corrected chi connectivity index (χ1v) is 14.4. The molecule has 6 aromatic rings. The monoisotopic (exact) mass is 540 g/mol. The lowest BCUT2D eigenvalue weighted by Gasteiger charge is -2.06. The van der Waals surface area contributed by atoms with Crippen LogP contribution in [0.3, 0.4) is 0 Å². The van der Waals surface area contributed by atoms with Crippen LogP contribution in [0.1, 0.15) is 22.8 Å². The molecule has 8 bridgehead atoms. The van der Waals surface area contributed by atoms with Gasteiger partial charge in [-0.25, -0.2) is 4.98 Å². The van der Waals surface area contributed by atoms with Gasteiger partial charge >= 0.3 is 0 Å². The summed E-state index contributed by atoms with van der Waals surface area (Å²) < 4.78 is 0. The molecule has 0 amide bonds. The molecule has 3 aromatic heterocycles. The Morgan fingerprint density at radius 1 is 0.452 bits per heavy atom. The van der Waals surface area contributed by atoms with E-state index < -0.39 is 0 Å². The third-order valence-corrected chi connectivity index (χ3v) is 8.05. The maximum absolute atomic E-state index is 5.28. The Kier molecular flexibility index (Phi) is 5.89. The molecule has 8 rings (SSSR count).